The molecule has 0 aromatic heterocycles. The van der Waals surface area contributed by atoms with E-state index in [2.05, 4.69) is 41.7 Å². The minimum atomic E-state index is 1.16. The monoisotopic (exact) mass is 198 g/mol. The molecular weight excluding hydrogens is 182 g/mol. The van der Waals surface area contributed by atoms with Crippen LogP contribution < -0.4 is 5.32 Å². The van der Waals surface area contributed by atoms with Gasteiger partial charge in [0.05, 0.1) is 0 Å². The fourth-order valence-corrected chi connectivity index (χ4v) is 1.77. The molecular formula is C14H16N. The highest BCUT2D eigenvalue weighted by molar-refractivity contribution is 5.23. The molecule has 1 aliphatic heterocycles. The van der Waals surface area contributed by atoms with Crippen molar-refractivity contribution in [3.63, 3.8) is 0 Å². The third-order valence-corrected chi connectivity index (χ3v) is 2.64. The Labute approximate surface area is 91.5 Å². The Hall–Kier alpha value is -1.50. The Kier molecular flexibility index (Phi) is 3.61. The second kappa shape index (κ2) is 5.40. The molecule has 1 heterocycles. The van der Waals surface area contributed by atoms with E-state index in [-0.39, 0.29) is 0 Å². The summed E-state index contributed by atoms with van der Waals surface area (Å²) in [5, 5.41) is 4.06. The van der Waals surface area contributed by atoms with Gasteiger partial charge >= 0.3 is 0 Å². The van der Waals surface area contributed by atoms with E-state index < -0.39 is 0 Å². The van der Waals surface area contributed by atoms with Gasteiger partial charge in [0.1, 0.15) is 0 Å². The summed E-state index contributed by atoms with van der Waals surface area (Å²) in [5.74, 6) is 0. The molecule has 1 aromatic rings. The van der Waals surface area contributed by atoms with Gasteiger partial charge in [0, 0.05) is 12.4 Å². The molecule has 0 spiro atoms. The van der Waals surface area contributed by atoms with Gasteiger partial charge in [-0.15, -0.1) is 0 Å². The predicted octanol–water partition coefficient (Wildman–Crippen LogP) is 3.42. The number of aryl methyl sites for hydroxylation is 1. The number of nitrogens with zero attached hydrogens (tertiary/aromatic N) is 1. The van der Waals surface area contributed by atoms with E-state index in [0.717, 1.165) is 6.42 Å². The Morgan fingerprint density at radius 2 is 1.73 bits per heavy atom. The predicted molar refractivity (Wildman–Crippen MR) is 63.4 cm³/mol. The largest absolute Gasteiger partial charge is 0.264 e. The van der Waals surface area contributed by atoms with Crippen LogP contribution in [0.15, 0.2) is 54.4 Å². The Balaban J connectivity index is 1.65. The van der Waals surface area contributed by atoms with E-state index in [9.17, 15) is 0 Å². The third kappa shape index (κ3) is 3.28. The van der Waals surface area contributed by atoms with Gasteiger partial charge in [0.2, 0.25) is 0 Å². The number of benzene rings is 1. The first-order valence-corrected chi connectivity index (χ1v) is 5.54. The Morgan fingerprint density at radius 1 is 0.933 bits per heavy atom. The summed E-state index contributed by atoms with van der Waals surface area (Å²) in [7, 11) is 0. The smallest absolute Gasteiger partial charge is 0.0300 e. The highest BCUT2D eigenvalue weighted by Crippen LogP contribution is 2.13. The standard InChI is InChI=1S/C14H16N/c1-2-6-13(7-3-1)8-4-5-9-14-10-11-15-12-14/h1-3,6-7,10-12H,4-5,8-9H2. The van der Waals surface area contributed by atoms with Crippen LogP contribution in [0.5, 0.6) is 0 Å². The number of hydrogen-bond acceptors (Lipinski definition) is 0. The fourth-order valence-electron chi connectivity index (χ4n) is 1.77. The van der Waals surface area contributed by atoms with Crippen molar-refractivity contribution in [1.82, 2.24) is 5.32 Å². The number of allylic oxidation sites excluding steroid dienone is 2. The maximum absolute atomic E-state index is 4.06. The van der Waals surface area contributed by atoms with Crippen LogP contribution in [0.2, 0.25) is 0 Å². The molecule has 15 heavy (non-hydrogen) atoms. The zero-order chi connectivity index (χ0) is 10.3. The molecule has 2 rings (SSSR count). The number of hydrogen-bond donors (Lipinski definition) is 0. The average molecular weight is 198 g/mol. The normalized spacial score (nSPS) is 13.7. The van der Waals surface area contributed by atoms with Crippen LogP contribution in [-0.4, -0.2) is 0 Å². The first-order valence-electron chi connectivity index (χ1n) is 5.54. The summed E-state index contributed by atoms with van der Waals surface area (Å²) in [6, 6.07) is 10.7. The summed E-state index contributed by atoms with van der Waals surface area (Å²) in [5.41, 5.74) is 2.81. The van der Waals surface area contributed by atoms with Gasteiger partial charge in [-0.1, -0.05) is 30.3 Å². The first kappa shape index (κ1) is 10.0. The van der Waals surface area contributed by atoms with E-state index in [1.54, 1.807) is 0 Å². The minimum absolute atomic E-state index is 1.16. The lowest BCUT2D eigenvalue weighted by atomic mass is 10.0. The van der Waals surface area contributed by atoms with Gasteiger partial charge in [-0.2, -0.15) is 0 Å². The van der Waals surface area contributed by atoms with Crippen molar-refractivity contribution in [2.24, 2.45) is 0 Å². The van der Waals surface area contributed by atoms with Gasteiger partial charge in [0.25, 0.3) is 0 Å². The maximum atomic E-state index is 4.06. The molecule has 1 heteroatoms. The average Bonchev–Trinajstić information content (AvgIpc) is 2.79. The first-order chi connectivity index (χ1) is 7.45. The van der Waals surface area contributed by atoms with E-state index in [1.165, 1.54) is 30.4 Å². The van der Waals surface area contributed by atoms with E-state index in [1.807, 2.05) is 12.4 Å². The van der Waals surface area contributed by atoms with Crippen LogP contribution in [0, 0.1) is 0 Å². The second-order valence-electron chi connectivity index (χ2n) is 3.86. The van der Waals surface area contributed by atoms with Crippen LogP contribution in [0.25, 0.3) is 0 Å². The molecule has 1 radical (unpaired) electrons. The number of unbranched alkanes of at least 4 members (excludes halogenated alkanes) is 1. The summed E-state index contributed by atoms with van der Waals surface area (Å²) >= 11 is 0. The SMILES string of the molecule is C1=CC(CCCCc2ccccc2)=C[N]1. The summed E-state index contributed by atoms with van der Waals surface area (Å²) < 4.78 is 0. The topological polar surface area (TPSA) is 14.1 Å². The Morgan fingerprint density at radius 3 is 2.47 bits per heavy atom. The van der Waals surface area contributed by atoms with Crippen molar-refractivity contribution in [2.75, 3.05) is 0 Å². The summed E-state index contributed by atoms with van der Waals surface area (Å²) in [6.45, 7) is 0. The van der Waals surface area contributed by atoms with Crippen LogP contribution in [0.1, 0.15) is 24.8 Å². The zero-order valence-corrected chi connectivity index (χ0v) is 8.89. The van der Waals surface area contributed by atoms with Gasteiger partial charge < -0.3 is 0 Å². The highest BCUT2D eigenvalue weighted by Gasteiger charge is 1.98. The van der Waals surface area contributed by atoms with E-state index in [0.29, 0.717) is 0 Å². The van der Waals surface area contributed by atoms with Crippen LogP contribution in [0.3, 0.4) is 0 Å². The lowest BCUT2D eigenvalue weighted by Crippen LogP contribution is -1.86. The Bertz CT molecular complexity index is 349. The lowest BCUT2D eigenvalue weighted by Gasteiger charge is -2.01. The van der Waals surface area contributed by atoms with Gasteiger partial charge in [-0.3, -0.25) is 5.32 Å². The number of rotatable bonds is 5. The second-order valence-corrected chi connectivity index (χ2v) is 3.86. The molecule has 1 aromatic carbocycles. The molecule has 0 unspecified atom stereocenters. The molecule has 0 saturated heterocycles. The molecule has 0 aliphatic carbocycles. The zero-order valence-electron chi connectivity index (χ0n) is 8.89. The van der Waals surface area contributed by atoms with Crippen molar-refractivity contribution in [1.29, 1.82) is 0 Å². The van der Waals surface area contributed by atoms with Gasteiger partial charge in [0.15, 0.2) is 0 Å². The van der Waals surface area contributed by atoms with Crippen molar-refractivity contribution < 1.29 is 0 Å². The summed E-state index contributed by atoms with van der Waals surface area (Å²) in [6.07, 6.45) is 10.8. The fraction of sp³-hybridized carbons (Fsp3) is 0.286. The van der Waals surface area contributed by atoms with Gasteiger partial charge in [-0.05, 0) is 42.9 Å². The maximum Gasteiger partial charge on any atom is 0.0300 e. The molecule has 0 atom stereocenters. The highest BCUT2D eigenvalue weighted by atomic mass is 14.8. The van der Waals surface area contributed by atoms with Crippen LogP contribution in [-0.2, 0) is 6.42 Å². The van der Waals surface area contributed by atoms with E-state index in [4.69, 9.17) is 0 Å². The molecule has 0 saturated carbocycles. The van der Waals surface area contributed by atoms with Crippen LogP contribution in [0.4, 0.5) is 0 Å². The molecule has 0 N–H and O–H groups in total. The van der Waals surface area contributed by atoms with Crippen LogP contribution >= 0.6 is 0 Å². The van der Waals surface area contributed by atoms with Crippen molar-refractivity contribution in [2.45, 2.75) is 25.7 Å². The molecule has 1 nitrogen and oxygen atoms in total. The lowest BCUT2D eigenvalue weighted by molar-refractivity contribution is 0.736. The molecule has 0 fully saturated rings. The van der Waals surface area contributed by atoms with Crippen molar-refractivity contribution in [3.05, 3.63) is 59.9 Å². The third-order valence-electron chi connectivity index (χ3n) is 2.64. The quantitative estimate of drug-likeness (QED) is 0.644. The molecule has 77 valence electrons. The van der Waals surface area contributed by atoms with Crippen molar-refractivity contribution in [3.8, 4) is 0 Å². The summed E-state index contributed by atoms with van der Waals surface area (Å²) in [4.78, 5) is 0. The minimum Gasteiger partial charge on any atom is -0.264 e. The van der Waals surface area contributed by atoms with Gasteiger partial charge in [-0.25, -0.2) is 0 Å². The molecule has 0 amide bonds. The molecule has 1 aliphatic rings. The molecule has 0 bridgehead atoms. The van der Waals surface area contributed by atoms with Crippen molar-refractivity contribution >= 4 is 0 Å². The van der Waals surface area contributed by atoms with E-state index >= 15 is 0 Å².